The lowest BCUT2D eigenvalue weighted by molar-refractivity contribution is -0.383. The average Bonchev–Trinajstić information content (AvgIpc) is 2.53. The van der Waals surface area contributed by atoms with Crippen molar-refractivity contribution in [3.8, 4) is 0 Å². The number of amides is 1. The van der Waals surface area contributed by atoms with Crippen LogP contribution >= 0.6 is 0 Å². The number of carbonyl (C=O) groups excluding carboxylic acids is 2. The van der Waals surface area contributed by atoms with E-state index in [1.54, 1.807) is 0 Å². The Bertz CT molecular complexity index is 915. The summed E-state index contributed by atoms with van der Waals surface area (Å²) in [4.78, 5) is 59.6. The Morgan fingerprint density at radius 1 is 1.25 bits per heavy atom. The van der Waals surface area contributed by atoms with Crippen molar-refractivity contribution in [3.63, 3.8) is 0 Å². The largest absolute Gasteiger partial charge is 0.452 e. The Balaban J connectivity index is 2.01. The lowest BCUT2D eigenvalue weighted by atomic mass is 10.2. The molecule has 11 nitrogen and oxygen atoms in total. The van der Waals surface area contributed by atoms with E-state index in [4.69, 9.17) is 0 Å². The fourth-order valence-electron chi connectivity index (χ4n) is 1.70. The van der Waals surface area contributed by atoms with Gasteiger partial charge in [0.25, 0.3) is 17.2 Å². The molecular weight excluding hydrogens is 324 g/mol. The van der Waals surface area contributed by atoms with Crippen molar-refractivity contribution in [3.05, 3.63) is 67.0 Å². The van der Waals surface area contributed by atoms with Gasteiger partial charge in [-0.2, -0.15) is 0 Å². The number of ether oxygens (including phenoxy) is 1. The number of H-pyrrole nitrogens is 2. The van der Waals surface area contributed by atoms with E-state index in [0.29, 0.717) is 0 Å². The fraction of sp³-hybridized carbons (Fsp3) is 0.0769. The second-order valence-electron chi connectivity index (χ2n) is 4.38. The van der Waals surface area contributed by atoms with Crippen molar-refractivity contribution in [2.24, 2.45) is 0 Å². The molecular formula is C13H10N4O7. The van der Waals surface area contributed by atoms with Gasteiger partial charge >= 0.3 is 11.7 Å². The summed E-state index contributed by atoms with van der Waals surface area (Å²) in [6.07, 6.45) is 0.851. The van der Waals surface area contributed by atoms with Gasteiger partial charge in [-0.1, -0.05) is 12.1 Å². The molecule has 0 radical (unpaired) electrons. The second-order valence-corrected chi connectivity index (χ2v) is 4.38. The standard InChI is InChI=1S/C13H10N4O7/c18-10(15-8-3-1-2-4-9(8)17(22)23)6-24-12(20)7-5-14-13(21)16-11(7)19/h1-5H,6H2,(H,15,18)(H2,14,16,19,21). The van der Waals surface area contributed by atoms with Gasteiger partial charge in [0.1, 0.15) is 11.3 Å². The van der Waals surface area contributed by atoms with E-state index in [-0.39, 0.29) is 11.4 Å². The molecule has 124 valence electrons. The van der Waals surface area contributed by atoms with Gasteiger partial charge in [-0.15, -0.1) is 0 Å². The Labute approximate surface area is 132 Å². The van der Waals surface area contributed by atoms with Crippen molar-refractivity contribution in [2.75, 3.05) is 11.9 Å². The summed E-state index contributed by atoms with van der Waals surface area (Å²) in [5.74, 6) is -1.97. The molecule has 24 heavy (non-hydrogen) atoms. The maximum atomic E-state index is 11.7. The number of aromatic nitrogens is 2. The van der Waals surface area contributed by atoms with E-state index >= 15 is 0 Å². The first-order valence-corrected chi connectivity index (χ1v) is 6.41. The van der Waals surface area contributed by atoms with Crippen LogP contribution in [0.25, 0.3) is 0 Å². The van der Waals surface area contributed by atoms with Crippen molar-refractivity contribution >= 4 is 23.3 Å². The topological polar surface area (TPSA) is 164 Å². The number of carbonyl (C=O) groups is 2. The van der Waals surface area contributed by atoms with Crippen LogP contribution < -0.4 is 16.6 Å². The van der Waals surface area contributed by atoms with Crippen LogP contribution in [-0.2, 0) is 9.53 Å². The number of anilines is 1. The van der Waals surface area contributed by atoms with Gasteiger partial charge in [0.15, 0.2) is 6.61 Å². The number of nitro groups is 1. The summed E-state index contributed by atoms with van der Waals surface area (Å²) in [6.45, 7) is -0.774. The molecule has 1 aromatic heterocycles. The lowest BCUT2D eigenvalue weighted by Gasteiger charge is -2.06. The van der Waals surface area contributed by atoms with Crippen LogP contribution in [0.1, 0.15) is 10.4 Å². The van der Waals surface area contributed by atoms with Gasteiger partial charge in [-0.25, -0.2) is 9.59 Å². The highest BCUT2D eigenvalue weighted by atomic mass is 16.6. The molecule has 1 heterocycles. The number of aromatic amines is 2. The highest BCUT2D eigenvalue weighted by Crippen LogP contribution is 2.22. The molecule has 11 heteroatoms. The van der Waals surface area contributed by atoms with Crippen LogP contribution in [0.15, 0.2) is 40.1 Å². The molecule has 0 saturated heterocycles. The molecule has 0 unspecified atom stereocenters. The van der Waals surface area contributed by atoms with E-state index < -0.39 is 40.2 Å². The minimum Gasteiger partial charge on any atom is -0.452 e. The maximum Gasteiger partial charge on any atom is 0.345 e. The molecule has 1 aromatic carbocycles. The van der Waals surface area contributed by atoms with Gasteiger partial charge < -0.3 is 15.0 Å². The molecule has 3 N–H and O–H groups in total. The van der Waals surface area contributed by atoms with Crippen molar-refractivity contribution < 1.29 is 19.2 Å². The van der Waals surface area contributed by atoms with E-state index in [1.165, 1.54) is 24.3 Å². The van der Waals surface area contributed by atoms with Crippen LogP contribution in [0.5, 0.6) is 0 Å². The third kappa shape index (κ3) is 3.91. The number of para-hydroxylation sites is 2. The number of hydrogen-bond acceptors (Lipinski definition) is 7. The third-order valence-corrected chi connectivity index (χ3v) is 2.75. The van der Waals surface area contributed by atoms with Gasteiger partial charge in [0, 0.05) is 12.3 Å². The maximum absolute atomic E-state index is 11.7. The summed E-state index contributed by atoms with van der Waals surface area (Å²) in [5, 5.41) is 13.0. The molecule has 2 rings (SSSR count). The van der Waals surface area contributed by atoms with E-state index in [0.717, 1.165) is 6.20 Å². The zero-order valence-electron chi connectivity index (χ0n) is 11.9. The molecule has 2 aromatic rings. The number of nitro benzene ring substituents is 1. The summed E-state index contributed by atoms with van der Waals surface area (Å²) in [5.41, 5.74) is -2.65. The quantitative estimate of drug-likeness (QED) is 0.386. The van der Waals surface area contributed by atoms with Crippen LogP contribution in [-0.4, -0.2) is 33.4 Å². The first kappa shape index (κ1) is 16.6. The van der Waals surface area contributed by atoms with E-state index in [1.807, 2.05) is 4.98 Å². The molecule has 0 saturated carbocycles. The summed E-state index contributed by atoms with van der Waals surface area (Å²) in [6, 6.07) is 5.41. The highest BCUT2D eigenvalue weighted by molar-refractivity contribution is 5.96. The molecule has 0 aliphatic rings. The van der Waals surface area contributed by atoms with Crippen LogP contribution in [0.2, 0.25) is 0 Å². The minimum absolute atomic E-state index is 0.0644. The average molecular weight is 334 g/mol. The number of hydrogen-bond donors (Lipinski definition) is 3. The number of nitrogens with one attached hydrogen (secondary N) is 3. The van der Waals surface area contributed by atoms with Crippen molar-refractivity contribution in [1.29, 1.82) is 0 Å². The minimum atomic E-state index is -1.13. The fourth-order valence-corrected chi connectivity index (χ4v) is 1.70. The lowest BCUT2D eigenvalue weighted by Crippen LogP contribution is -2.29. The SMILES string of the molecule is O=C(COC(=O)c1c[nH]c(=O)[nH]c1=O)Nc1ccccc1[N+](=O)[O-]. The van der Waals surface area contributed by atoms with Gasteiger partial charge in [0.05, 0.1) is 4.92 Å². The number of rotatable bonds is 5. The summed E-state index contributed by atoms with van der Waals surface area (Å²) < 4.78 is 4.62. The Hall–Kier alpha value is -3.76. The van der Waals surface area contributed by atoms with E-state index in [2.05, 4.69) is 15.0 Å². The zero-order valence-corrected chi connectivity index (χ0v) is 11.9. The number of benzene rings is 1. The van der Waals surface area contributed by atoms with Gasteiger partial charge in [0.2, 0.25) is 0 Å². The first-order chi connectivity index (χ1) is 11.4. The predicted molar refractivity (Wildman–Crippen MR) is 79.7 cm³/mol. The number of nitrogens with zero attached hydrogens (tertiary/aromatic N) is 1. The van der Waals surface area contributed by atoms with E-state index in [9.17, 15) is 29.3 Å². The monoisotopic (exact) mass is 334 g/mol. The molecule has 0 aliphatic carbocycles. The predicted octanol–water partition coefficient (Wildman–Crippen LogP) is -0.233. The Morgan fingerprint density at radius 3 is 2.62 bits per heavy atom. The Kier molecular flexibility index (Phi) is 4.84. The molecule has 0 aliphatic heterocycles. The molecule has 0 spiro atoms. The van der Waals surface area contributed by atoms with Crippen LogP contribution in [0.3, 0.4) is 0 Å². The molecule has 0 atom stereocenters. The first-order valence-electron chi connectivity index (χ1n) is 6.41. The van der Waals surface area contributed by atoms with Crippen LogP contribution in [0.4, 0.5) is 11.4 Å². The van der Waals surface area contributed by atoms with Gasteiger partial charge in [-0.05, 0) is 6.07 Å². The molecule has 1 amide bonds. The van der Waals surface area contributed by atoms with Gasteiger partial charge in [-0.3, -0.25) is 24.7 Å². The Morgan fingerprint density at radius 2 is 1.96 bits per heavy atom. The van der Waals surface area contributed by atoms with Crippen molar-refractivity contribution in [2.45, 2.75) is 0 Å². The van der Waals surface area contributed by atoms with Crippen molar-refractivity contribution in [1.82, 2.24) is 9.97 Å². The third-order valence-electron chi connectivity index (χ3n) is 2.75. The smallest absolute Gasteiger partial charge is 0.345 e. The molecule has 0 fully saturated rings. The second kappa shape index (κ2) is 7.00. The van der Waals surface area contributed by atoms with Crippen LogP contribution in [0, 0.1) is 10.1 Å². The zero-order chi connectivity index (χ0) is 17.7. The highest BCUT2D eigenvalue weighted by Gasteiger charge is 2.17. The normalized spacial score (nSPS) is 10.0. The molecule has 0 bridgehead atoms. The summed E-state index contributed by atoms with van der Waals surface area (Å²) >= 11 is 0. The summed E-state index contributed by atoms with van der Waals surface area (Å²) in [7, 11) is 0. The number of esters is 1.